The zero-order valence-electron chi connectivity index (χ0n) is 22.0. The summed E-state index contributed by atoms with van der Waals surface area (Å²) in [6.07, 6.45) is 0.564. The van der Waals surface area contributed by atoms with Crippen molar-refractivity contribution in [1.82, 2.24) is 10.6 Å². The van der Waals surface area contributed by atoms with Gasteiger partial charge in [-0.05, 0) is 102 Å². The van der Waals surface area contributed by atoms with Gasteiger partial charge in [0.05, 0.1) is 0 Å². The molecule has 9 heteroatoms. The molecule has 0 heterocycles. The molecule has 0 bridgehead atoms. The lowest BCUT2D eigenvalue weighted by molar-refractivity contribution is 0.0517. The number of benzene rings is 2. The predicted octanol–water partition coefficient (Wildman–Crippen LogP) is 5.63. The normalized spacial score (nSPS) is 11.3. The van der Waals surface area contributed by atoms with Gasteiger partial charge in [0.2, 0.25) is 0 Å². The zero-order valence-corrected chi connectivity index (χ0v) is 22.8. The minimum Gasteiger partial charge on any atom is -0.444 e. The number of thiocarbonyl (C=S) groups is 1. The molecule has 0 fully saturated rings. The summed E-state index contributed by atoms with van der Waals surface area (Å²) in [4.78, 5) is 23.4. The summed E-state index contributed by atoms with van der Waals surface area (Å²) in [5.41, 5.74) is 2.89. The van der Waals surface area contributed by atoms with Crippen molar-refractivity contribution < 1.29 is 19.1 Å². The maximum absolute atomic E-state index is 11.7. The van der Waals surface area contributed by atoms with Crippen LogP contribution >= 0.6 is 12.2 Å². The SMILES string of the molecule is CC(C)(C)OC(=O)NCCc1ccc(NC(=S)Nc2ccc(CCNC(=O)OC(C)(C)C)cc2)cc1. The molecule has 36 heavy (non-hydrogen) atoms. The number of carbonyl (C=O) groups is 2. The topological polar surface area (TPSA) is 101 Å². The van der Waals surface area contributed by atoms with Crippen LogP contribution in [0.1, 0.15) is 52.7 Å². The van der Waals surface area contributed by atoms with Crippen molar-refractivity contribution in [1.29, 1.82) is 0 Å². The van der Waals surface area contributed by atoms with Gasteiger partial charge in [0.15, 0.2) is 5.11 Å². The molecule has 0 aliphatic rings. The summed E-state index contributed by atoms with van der Waals surface area (Å²) in [7, 11) is 0. The summed E-state index contributed by atoms with van der Waals surface area (Å²) in [6, 6.07) is 15.7. The van der Waals surface area contributed by atoms with Crippen LogP contribution in [0, 0.1) is 0 Å². The summed E-state index contributed by atoms with van der Waals surface area (Å²) in [5, 5.41) is 12.3. The van der Waals surface area contributed by atoms with E-state index in [1.807, 2.05) is 90.1 Å². The average molecular weight is 515 g/mol. The Bertz CT molecular complexity index is 929. The maximum atomic E-state index is 11.7. The van der Waals surface area contributed by atoms with E-state index >= 15 is 0 Å². The first kappa shape index (κ1) is 28.9. The van der Waals surface area contributed by atoms with Gasteiger partial charge >= 0.3 is 12.2 Å². The minimum atomic E-state index is -0.507. The standard InChI is InChI=1S/C27H38N4O4S/c1-26(2,3)34-24(32)28-17-15-19-7-11-21(12-8-19)30-23(36)31-22-13-9-20(10-14-22)16-18-29-25(33)35-27(4,5)6/h7-14H,15-18H2,1-6H3,(H,28,32)(H,29,33)(H2,30,31,36). The summed E-state index contributed by atoms with van der Waals surface area (Å²) in [5.74, 6) is 0. The van der Waals surface area contributed by atoms with Crippen LogP contribution in [-0.2, 0) is 22.3 Å². The Morgan fingerprint density at radius 3 is 1.31 bits per heavy atom. The van der Waals surface area contributed by atoms with Crippen LogP contribution in [0.25, 0.3) is 0 Å². The van der Waals surface area contributed by atoms with Gasteiger partial charge in [0.25, 0.3) is 0 Å². The quantitative estimate of drug-likeness (QED) is 0.339. The first-order valence-corrected chi connectivity index (χ1v) is 12.4. The third-order valence-electron chi connectivity index (χ3n) is 4.59. The van der Waals surface area contributed by atoms with Gasteiger partial charge in [-0.2, -0.15) is 0 Å². The molecule has 2 amide bonds. The fraction of sp³-hybridized carbons (Fsp3) is 0.444. The van der Waals surface area contributed by atoms with Gasteiger partial charge in [-0.15, -0.1) is 0 Å². The van der Waals surface area contributed by atoms with Gasteiger partial charge in [-0.1, -0.05) is 24.3 Å². The van der Waals surface area contributed by atoms with E-state index in [4.69, 9.17) is 21.7 Å². The van der Waals surface area contributed by atoms with E-state index in [0.29, 0.717) is 31.0 Å². The predicted molar refractivity (Wildman–Crippen MR) is 149 cm³/mol. The Morgan fingerprint density at radius 2 is 1.00 bits per heavy atom. The Balaban J connectivity index is 1.72. The molecular formula is C27H38N4O4S. The molecule has 0 radical (unpaired) electrons. The number of hydrogen-bond acceptors (Lipinski definition) is 5. The molecule has 0 unspecified atom stereocenters. The van der Waals surface area contributed by atoms with Crippen molar-refractivity contribution >= 4 is 40.9 Å². The number of rotatable bonds is 8. The number of anilines is 2. The first-order valence-electron chi connectivity index (χ1n) is 12.0. The number of nitrogens with one attached hydrogen (secondary N) is 4. The van der Waals surface area contributed by atoms with Crippen molar-refractivity contribution in [3.05, 3.63) is 59.7 Å². The second-order valence-electron chi connectivity index (χ2n) is 10.3. The molecule has 0 saturated carbocycles. The number of alkyl carbamates (subject to hydrolysis) is 2. The Kier molecular flexibility index (Phi) is 10.5. The Labute approximate surface area is 219 Å². The molecule has 0 atom stereocenters. The molecule has 196 valence electrons. The molecule has 0 saturated heterocycles. The van der Waals surface area contributed by atoms with E-state index in [9.17, 15) is 9.59 Å². The van der Waals surface area contributed by atoms with Crippen LogP contribution in [0.3, 0.4) is 0 Å². The zero-order chi connectivity index (χ0) is 26.8. The van der Waals surface area contributed by atoms with E-state index in [0.717, 1.165) is 22.5 Å². The lowest BCUT2D eigenvalue weighted by atomic mass is 10.1. The smallest absolute Gasteiger partial charge is 0.407 e. The highest BCUT2D eigenvalue weighted by Gasteiger charge is 2.16. The van der Waals surface area contributed by atoms with Crippen LogP contribution in [-0.4, -0.2) is 41.6 Å². The average Bonchev–Trinajstić information content (AvgIpc) is 2.73. The summed E-state index contributed by atoms with van der Waals surface area (Å²) < 4.78 is 10.5. The van der Waals surface area contributed by atoms with Crippen molar-refractivity contribution in [3.63, 3.8) is 0 Å². The second-order valence-corrected chi connectivity index (χ2v) is 10.7. The lowest BCUT2D eigenvalue weighted by Crippen LogP contribution is -2.33. The van der Waals surface area contributed by atoms with Gasteiger partial charge in [-0.25, -0.2) is 9.59 Å². The molecule has 0 aliphatic carbocycles. The van der Waals surface area contributed by atoms with E-state index < -0.39 is 23.4 Å². The molecule has 8 nitrogen and oxygen atoms in total. The molecule has 0 spiro atoms. The van der Waals surface area contributed by atoms with Crippen molar-refractivity contribution in [2.24, 2.45) is 0 Å². The van der Waals surface area contributed by atoms with Crippen LogP contribution in [0.4, 0.5) is 21.0 Å². The highest BCUT2D eigenvalue weighted by atomic mass is 32.1. The molecule has 2 aromatic rings. The molecule has 2 rings (SSSR count). The minimum absolute atomic E-state index is 0.414. The highest BCUT2D eigenvalue weighted by molar-refractivity contribution is 7.80. The van der Waals surface area contributed by atoms with E-state index in [1.54, 1.807) is 0 Å². The van der Waals surface area contributed by atoms with E-state index in [1.165, 1.54) is 0 Å². The van der Waals surface area contributed by atoms with Crippen molar-refractivity contribution in [2.45, 2.75) is 65.6 Å². The van der Waals surface area contributed by atoms with Crippen LogP contribution in [0.2, 0.25) is 0 Å². The fourth-order valence-corrected chi connectivity index (χ4v) is 3.28. The second kappa shape index (κ2) is 13.1. The Hall–Kier alpha value is -3.33. The van der Waals surface area contributed by atoms with Crippen molar-refractivity contribution in [2.75, 3.05) is 23.7 Å². The maximum Gasteiger partial charge on any atom is 0.407 e. The third kappa shape index (κ3) is 12.4. The fourth-order valence-electron chi connectivity index (χ4n) is 3.05. The molecule has 0 aromatic heterocycles. The van der Waals surface area contributed by atoms with E-state index in [2.05, 4.69) is 21.3 Å². The molecule has 2 aromatic carbocycles. The first-order chi connectivity index (χ1) is 16.8. The van der Waals surface area contributed by atoms with Crippen LogP contribution in [0.15, 0.2) is 48.5 Å². The molecule has 4 N–H and O–H groups in total. The monoisotopic (exact) mass is 514 g/mol. The van der Waals surface area contributed by atoms with Gasteiger partial charge in [-0.3, -0.25) is 0 Å². The van der Waals surface area contributed by atoms with Crippen LogP contribution < -0.4 is 21.3 Å². The number of carbonyl (C=O) groups excluding carboxylic acids is 2. The molecular weight excluding hydrogens is 476 g/mol. The van der Waals surface area contributed by atoms with Crippen LogP contribution in [0.5, 0.6) is 0 Å². The van der Waals surface area contributed by atoms with Gasteiger partial charge in [0.1, 0.15) is 11.2 Å². The largest absolute Gasteiger partial charge is 0.444 e. The van der Waals surface area contributed by atoms with Gasteiger partial charge in [0, 0.05) is 24.5 Å². The number of ether oxygens (including phenoxy) is 2. The molecule has 0 aliphatic heterocycles. The third-order valence-corrected chi connectivity index (χ3v) is 4.79. The lowest BCUT2D eigenvalue weighted by Gasteiger charge is -2.19. The van der Waals surface area contributed by atoms with Gasteiger partial charge < -0.3 is 30.7 Å². The summed E-state index contributed by atoms with van der Waals surface area (Å²) >= 11 is 5.42. The highest BCUT2D eigenvalue weighted by Crippen LogP contribution is 2.14. The van der Waals surface area contributed by atoms with Crippen molar-refractivity contribution in [3.8, 4) is 0 Å². The number of hydrogen-bond donors (Lipinski definition) is 4. The Morgan fingerprint density at radius 1 is 0.667 bits per heavy atom. The number of amides is 2. The summed E-state index contributed by atoms with van der Waals surface area (Å²) in [6.45, 7) is 12.0. The van der Waals surface area contributed by atoms with E-state index in [-0.39, 0.29) is 0 Å².